The summed E-state index contributed by atoms with van der Waals surface area (Å²) in [5, 5.41) is 5.21. The number of benzene rings is 2. The molecule has 0 unspecified atom stereocenters. The van der Waals surface area contributed by atoms with Gasteiger partial charge in [-0.25, -0.2) is 9.78 Å². The van der Waals surface area contributed by atoms with Crippen LogP contribution in [0.1, 0.15) is 23.2 Å². The van der Waals surface area contributed by atoms with Crippen molar-refractivity contribution < 1.29 is 23.5 Å². The first-order chi connectivity index (χ1) is 13.9. The number of hydrogen-bond acceptors (Lipinski definition) is 6. The molecule has 2 amide bonds. The summed E-state index contributed by atoms with van der Waals surface area (Å²) < 4.78 is 10.6. The lowest BCUT2D eigenvalue weighted by atomic mass is 10.2. The van der Waals surface area contributed by atoms with Crippen molar-refractivity contribution in [3.63, 3.8) is 0 Å². The molecule has 3 aromatic rings. The zero-order chi connectivity index (χ0) is 20.8. The number of carbonyl (C=O) groups excluding carboxylic acids is 3. The molecule has 0 bridgehead atoms. The van der Waals surface area contributed by atoms with Crippen molar-refractivity contribution in [1.29, 1.82) is 0 Å². The van der Waals surface area contributed by atoms with Gasteiger partial charge in [0, 0.05) is 23.9 Å². The summed E-state index contributed by atoms with van der Waals surface area (Å²) in [6.45, 7) is 2.50. The van der Waals surface area contributed by atoms with Crippen LogP contribution >= 0.6 is 0 Å². The Balaban J connectivity index is 1.59. The van der Waals surface area contributed by atoms with E-state index in [1.807, 2.05) is 30.3 Å². The van der Waals surface area contributed by atoms with Gasteiger partial charge in [0.25, 0.3) is 5.91 Å². The van der Waals surface area contributed by atoms with E-state index in [1.54, 1.807) is 31.2 Å². The molecule has 1 aromatic heterocycles. The van der Waals surface area contributed by atoms with Gasteiger partial charge < -0.3 is 19.8 Å². The van der Waals surface area contributed by atoms with Gasteiger partial charge in [-0.05, 0) is 37.3 Å². The van der Waals surface area contributed by atoms with Crippen LogP contribution < -0.4 is 10.6 Å². The Morgan fingerprint density at radius 3 is 2.38 bits per heavy atom. The van der Waals surface area contributed by atoms with Crippen LogP contribution in [0.3, 0.4) is 0 Å². The highest BCUT2D eigenvalue weighted by Crippen LogP contribution is 2.22. The third kappa shape index (κ3) is 5.29. The van der Waals surface area contributed by atoms with Crippen LogP contribution in [0.25, 0.3) is 11.5 Å². The van der Waals surface area contributed by atoms with Gasteiger partial charge >= 0.3 is 5.97 Å². The third-order valence-corrected chi connectivity index (χ3v) is 3.81. The van der Waals surface area contributed by atoms with Crippen molar-refractivity contribution >= 4 is 29.2 Å². The molecule has 0 aliphatic rings. The molecule has 0 radical (unpaired) electrons. The molecule has 2 aromatic carbocycles. The second kappa shape index (κ2) is 8.83. The zero-order valence-corrected chi connectivity index (χ0v) is 15.9. The van der Waals surface area contributed by atoms with Crippen molar-refractivity contribution in [3.05, 3.63) is 66.1 Å². The molecule has 148 valence electrons. The van der Waals surface area contributed by atoms with Gasteiger partial charge in [-0.2, -0.15) is 0 Å². The van der Waals surface area contributed by atoms with Crippen molar-refractivity contribution in [2.75, 3.05) is 17.2 Å². The average molecular weight is 393 g/mol. The monoisotopic (exact) mass is 393 g/mol. The minimum absolute atomic E-state index is 0.0179. The van der Waals surface area contributed by atoms with E-state index in [2.05, 4.69) is 15.6 Å². The molecule has 0 saturated heterocycles. The van der Waals surface area contributed by atoms with Gasteiger partial charge in [-0.3, -0.25) is 9.59 Å². The van der Waals surface area contributed by atoms with Gasteiger partial charge in [0.15, 0.2) is 12.3 Å². The van der Waals surface area contributed by atoms with Crippen LogP contribution in [0, 0.1) is 6.92 Å². The molecule has 0 fully saturated rings. The van der Waals surface area contributed by atoms with Crippen molar-refractivity contribution in [3.8, 4) is 11.5 Å². The zero-order valence-electron chi connectivity index (χ0n) is 15.9. The minimum Gasteiger partial charge on any atom is -0.451 e. The number of aryl methyl sites for hydroxylation is 1. The molecular weight excluding hydrogens is 374 g/mol. The number of nitrogens with zero attached hydrogens (tertiary/aromatic N) is 1. The lowest BCUT2D eigenvalue weighted by Gasteiger charge is -2.08. The van der Waals surface area contributed by atoms with Crippen LogP contribution in [0.5, 0.6) is 0 Å². The lowest BCUT2D eigenvalue weighted by molar-refractivity contribution is -0.119. The SMILES string of the molecule is CC(=O)Nc1cccc(NC(=O)COC(=O)c2nc(-c3ccccc3)oc2C)c1. The van der Waals surface area contributed by atoms with Crippen LogP contribution in [0.15, 0.2) is 59.0 Å². The van der Waals surface area contributed by atoms with E-state index < -0.39 is 18.5 Å². The number of aromatic nitrogens is 1. The molecule has 29 heavy (non-hydrogen) atoms. The topological polar surface area (TPSA) is 111 Å². The summed E-state index contributed by atoms with van der Waals surface area (Å²) in [5.74, 6) is -0.898. The summed E-state index contributed by atoms with van der Waals surface area (Å²) in [6, 6.07) is 15.8. The van der Waals surface area contributed by atoms with Crippen LogP contribution in [0.4, 0.5) is 11.4 Å². The molecule has 1 heterocycles. The molecule has 8 nitrogen and oxygen atoms in total. The van der Waals surface area contributed by atoms with E-state index in [1.165, 1.54) is 6.92 Å². The molecule has 8 heteroatoms. The largest absolute Gasteiger partial charge is 0.451 e. The van der Waals surface area contributed by atoms with Crippen molar-refractivity contribution in [2.45, 2.75) is 13.8 Å². The highest BCUT2D eigenvalue weighted by molar-refractivity contribution is 5.96. The summed E-state index contributed by atoms with van der Waals surface area (Å²) in [4.78, 5) is 39.6. The normalized spacial score (nSPS) is 10.3. The van der Waals surface area contributed by atoms with E-state index in [-0.39, 0.29) is 11.6 Å². The summed E-state index contributed by atoms with van der Waals surface area (Å²) in [5.41, 5.74) is 1.75. The van der Waals surface area contributed by atoms with E-state index in [4.69, 9.17) is 9.15 Å². The van der Waals surface area contributed by atoms with Gasteiger partial charge in [-0.1, -0.05) is 24.3 Å². The average Bonchev–Trinajstić information content (AvgIpc) is 3.08. The minimum atomic E-state index is -0.754. The number of amides is 2. The Morgan fingerprint density at radius 2 is 1.69 bits per heavy atom. The molecular formula is C21H19N3O5. The van der Waals surface area contributed by atoms with Crippen LogP contribution in [-0.4, -0.2) is 29.4 Å². The van der Waals surface area contributed by atoms with Gasteiger partial charge in [0.1, 0.15) is 5.76 Å². The maximum atomic E-state index is 12.3. The number of carbonyl (C=O) groups is 3. The standard InChI is InChI=1S/C21H19N3O5/c1-13-19(24-20(29-13)15-7-4-3-5-8-15)21(27)28-12-18(26)23-17-10-6-9-16(11-17)22-14(2)25/h3-11H,12H2,1-2H3,(H,22,25)(H,23,26). The number of ether oxygens (including phenoxy) is 1. The fourth-order valence-corrected chi connectivity index (χ4v) is 2.56. The lowest BCUT2D eigenvalue weighted by Crippen LogP contribution is -2.21. The summed E-state index contributed by atoms with van der Waals surface area (Å²) in [6.07, 6.45) is 0. The smallest absolute Gasteiger partial charge is 0.361 e. The molecule has 0 aliphatic carbocycles. The second-order valence-corrected chi connectivity index (χ2v) is 6.18. The van der Waals surface area contributed by atoms with Crippen molar-refractivity contribution in [2.24, 2.45) is 0 Å². The number of hydrogen-bond donors (Lipinski definition) is 2. The van der Waals surface area contributed by atoms with E-state index in [9.17, 15) is 14.4 Å². The maximum absolute atomic E-state index is 12.3. The predicted molar refractivity (Wildman–Crippen MR) is 106 cm³/mol. The predicted octanol–water partition coefficient (Wildman–Crippen LogP) is 3.40. The van der Waals surface area contributed by atoms with Crippen LogP contribution in [-0.2, 0) is 14.3 Å². The number of nitrogens with one attached hydrogen (secondary N) is 2. The number of rotatable bonds is 6. The first-order valence-corrected chi connectivity index (χ1v) is 8.80. The number of anilines is 2. The Morgan fingerprint density at radius 1 is 1.00 bits per heavy atom. The number of oxazole rings is 1. The Hall–Kier alpha value is -3.94. The Kier molecular flexibility index (Phi) is 6.03. The Bertz CT molecular complexity index is 1040. The Labute approximate surface area is 166 Å². The molecule has 0 aliphatic heterocycles. The molecule has 2 N–H and O–H groups in total. The van der Waals surface area contributed by atoms with E-state index >= 15 is 0 Å². The molecule has 0 saturated carbocycles. The van der Waals surface area contributed by atoms with Crippen molar-refractivity contribution in [1.82, 2.24) is 4.98 Å². The molecule has 3 rings (SSSR count). The fraction of sp³-hybridized carbons (Fsp3) is 0.143. The van der Waals surface area contributed by atoms with Gasteiger partial charge in [-0.15, -0.1) is 0 Å². The summed E-state index contributed by atoms with van der Waals surface area (Å²) in [7, 11) is 0. The van der Waals surface area contributed by atoms with Gasteiger partial charge in [0.05, 0.1) is 0 Å². The highest BCUT2D eigenvalue weighted by atomic mass is 16.5. The fourth-order valence-electron chi connectivity index (χ4n) is 2.56. The van der Waals surface area contributed by atoms with Gasteiger partial charge in [0.2, 0.25) is 11.8 Å². The van der Waals surface area contributed by atoms with Crippen LogP contribution in [0.2, 0.25) is 0 Å². The number of esters is 1. The van der Waals surface area contributed by atoms with E-state index in [0.29, 0.717) is 23.0 Å². The molecule has 0 atom stereocenters. The second-order valence-electron chi connectivity index (χ2n) is 6.18. The first kappa shape index (κ1) is 19.8. The molecule has 0 spiro atoms. The highest BCUT2D eigenvalue weighted by Gasteiger charge is 2.20. The van der Waals surface area contributed by atoms with E-state index in [0.717, 1.165) is 5.56 Å². The third-order valence-electron chi connectivity index (χ3n) is 3.81. The summed E-state index contributed by atoms with van der Waals surface area (Å²) >= 11 is 0. The quantitative estimate of drug-likeness (QED) is 0.621. The first-order valence-electron chi connectivity index (χ1n) is 8.80. The maximum Gasteiger partial charge on any atom is 0.361 e.